The van der Waals surface area contributed by atoms with Crippen LogP contribution < -0.4 is 5.73 Å². The fraction of sp³-hybridized carbons (Fsp3) is 0.310. The van der Waals surface area contributed by atoms with Crippen LogP contribution in [0, 0.1) is 6.92 Å². The zero-order valence-corrected chi connectivity index (χ0v) is 18.8. The number of pyridine rings is 2. The van der Waals surface area contributed by atoms with E-state index in [1.165, 1.54) is 59.9 Å². The van der Waals surface area contributed by atoms with Crippen LogP contribution in [0.25, 0.3) is 22.0 Å². The van der Waals surface area contributed by atoms with Crippen LogP contribution in [-0.4, -0.2) is 9.97 Å². The van der Waals surface area contributed by atoms with E-state index < -0.39 is 0 Å². The van der Waals surface area contributed by atoms with Gasteiger partial charge in [-0.3, -0.25) is 4.98 Å². The number of nitrogens with zero attached hydrogens (tertiary/aromatic N) is 2. The zero-order chi connectivity index (χ0) is 21.9. The molecule has 2 aromatic carbocycles. The fourth-order valence-corrected chi connectivity index (χ4v) is 5.08. The van der Waals surface area contributed by atoms with E-state index in [0.29, 0.717) is 11.7 Å². The average Bonchev–Trinajstić information content (AvgIpc) is 2.83. The van der Waals surface area contributed by atoms with Gasteiger partial charge in [0, 0.05) is 17.8 Å². The highest BCUT2D eigenvalue weighted by Crippen LogP contribution is 2.33. The maximum atomic E-state index is 6.34. The number of fused-ring (bicyclic) bond motifs is 1. The largest absolute Gasteiger partial charge is 0.383 e. The maximum absolute atomic E-state index is 6.34. The molecule has 1 fully saturated rings. The number of nitrogen functional groups attached to an aromatic ring is 1. The quantitative estimate of drug-likeness (QED) is 0.377. The minimum Gasteiger partial charge on any atom is -0.383 e. The first-order valence-corrected chi connectivity index (χ1v) is 11.9. The van der Waals surface area contributed by atoms with Crippen molar-refractivity contribution < 1.29 is 0 Å². The van der Waals surface area contributed by atoms with E-state index in [-0.39, 0.29) is 0 Å². The SMILES string of the molecule is Cc1ccccc1-c1ccc2nc(N)c(CCc3cncc(C4CCCCC4)c3)cc2c1. The number of aryl methyl sites for hydroxylation is 3. The van der Waals surface area contributed by atoms with Gasteiger partial charge in [0.1, 0.15) is 5.82 Å². The van der Waals surface area contributed by atoms with Crippen molar-refractivity contribution in [3.05, 3.63) is 89.2 Å². The third kappa shape index (κ3) is 4.38. The van der Waals surface area contributed by atoms with Crippen molar-refractivity contribution in [2.24, 2.45) is 0 Å². The van der Waals surface area contributed by atoms with Gasteiger partial charge in [0.15, 0.2) is 0 Å². The highest BCUT2D eigenvalue weighted by molar-refractivity contribution is 5.87. The van der Waals surface area contributed by atoms with Gasteiger partial charge in [-0.2, -0.15) is 0 Å². The van der Waals surface area contributed by atoms with E-state index in [1.807, 2.05) is 6.20 Å². The standard InChI is InChI=1S/C29H31N3/c1-20-7-5-6-10-27(20)23-13-14-28-25(16-23)17-24(29(30)32-28)12-11-21-15-26(19-31-18-21)22-8-3-2-4-9-22/h5-7,10,13-19,22H,2-4,8-9,11-12H2,1H3,(H2,30,32). The molecule has 3 nitrogen and oxygen atoms in total. The Hall–Kier alpha value is -3.20. The van der Waals surface area contributed by atoms with Crippen molar-refractivity contribution in [1.29, 1.82) is 0 Å². The molecule has 1 saturated carbocycles. The molecule has 0 aliphatic heterocycles. The lowest BCUT2D eigenvalue weighted by atomic mass is 9.84. The van der Waals surface area contributed by atoms with Crippen molar-refractivity contribution in [3.8, 4) is 11.1 Å². The monoisotopic (exact) mass is 421 g/mol. The van der Waals surface area contributed by atoms with Crippen LogP contribution in [0.1, 0.15) is 60.3 Å². The summed E-state index contributed by atoms with van der Waals surface area (Å²) in [4.78, 5) is 9.25. The van der Waals surface area contributed by atoms with Crippen LogP contribution in [0.5, 0.6) is 0 Å². The molecule has 0 amide bonds. The molecule has 0 saturated heterocycles. The molecule has 4 aromatic rings. The first-order valence-electron chi connectivity index (χ1n) is 11.9. The number of rotatable bonds is 5. The van der Waals surface area contributed by atoms with Crippen molar-refractivity contribution >= 4 is 16.7 Å². The fourth-order valence-electron chi connectivity index (χ4n) is 5.08. The van der Waals surface area contributed by atoms with Gasteiger partial charge in [-0.05, 0) is 90.1 Å². The number of hydrogen-bond donors (Lipinski definition) is 1. The summed E-state index contributed by atoms with van der Waals surface area (Å²) in [6.07, 6.45) is 12.6. The summed E-state index contributed by atoms with van der Waals surface area (Å²) >= 11 is 0. The first kappa shape index (κ1) is 20.7. The van der Waals surface area contributed by atoms with Crippen LogP contribution in [0.15, 0.2) is 67.0 Å². The number of anilines is 1. The lowest BCUT2D eigenvalue weighted by Gasteiger charge is -2.22. The van der Waals surface area contributed by atoms with E-state index in [4.69, 9.17) is 10.7 Å². The molecule has 2 aromatic heterocycles. The Morgan fingerprint density at radius 1 is 0.906 bits per heavy atom. The molecule has 32 heavy (non-hydrogen) atoms. The molecule has 1 aliphatic carbocycles. The molecule has 2 heterocycles. The van der Waals surface area contributed by atoms with Gasteiger partial charge in [-0.1, -0.05) is 55.7 Å². The van der Waals surface area contributed by atoms with Crippen molar-refractivity contribution in [3.63, 3.8) is 0 Å². The highest BCUT2D eigenvalue weighted by Gasteiger charge is 2.16. The molecule has 0 atom stereocenters. The van der Waals surface area contributed by atoms with Gasteiger partial charge in [0.05, 0.1) is 5.52 Å². The lowest BCUT2D eigenvalue weighted by Crippen LogP contribution is -2.06. The highest BCUT2D eigenvalue weighted by atomic mass is 14.8. The van der Waals surface area contributed by atoms with Crippen molar-refractivity contribution in [2.45, 2.75) is 57.8 Å². The summed E-state index contributed by atoms with van der Waals surface area (Å²) < 4.78 is 0. The molecule has 2 N–H and O–H groups in total. The number of aromatic nitrogens is 2. The predicted molar refractivity (Wildman–Crippen MR) is 134 cm³/mol. The Morgan fingerprint density at radius 3 is 2.59 bits per heavy atom. The number of benzene rings is 2. The van der Waals surface area contributed by atoms with Gasteiger partial charge in [0.25, 0.3) is 0 Å². The Labute approximate surface area is 190 Å². The second-order valence-corrected chi connectivity index (χ2v) is 9.22. The van der Waals surface area contributed by atoms with E-state index in [0.717, 1.165) is 29.3 Å². The van der Waals surface area contributed by atoms with Gasteiger partial charge in [-0.15, -0.1) is 0 Å². The minimum absolute atomic E-state index is 0.637. The smallest absolute Gasteiger partial charge is 0.127 e. The van der Waals surface area contributed by atoms with Gasteiger partial charge in [0.2, 0.25) is 0 Å². The second kappa shape index (κ2) is 9.12. The Bertz CT molecular complexity index is 1240. The summed E-state index contributed by atoms with van der Waals surface area (Å²) in [7, 11) is 0. The van der Waals surface area contributed by atoms with Crippen LogP contribution in [0.3, 0.4) is 0 Å². The van der Waals surface area contributed by atoms with E-state index in [2.05, 4.69) is 72.7 Å². The summed E-state index contributed by atoms with van der Waals surface area (Å²) in [5.41, 5.74) is 14.9. The first-order chi connectivity index (χ1) is 15.7. The van der Waals surface area contributed by atoms with Gasteiger partial charge < -0.3 is 5.73 Å². The molecule has 0 radical (unpaired) electrons. The Kier molecular flexibility index (Phi) is 5.89. The van der Waals surface area contributed by atoms with Crippen molar-refractivity contribution in [1.82, 2.24) is 9.97 Å². The maximum Gasteiger partial charge on any atom is 0.127 e. The van der Waals surface area contributed by atoms with Crippen LogP contribution >= 0.6 is 0 Å². The lowest BCUT2D eigenvalue weighted by molar-refractivity contribution is 0.442. The number of hydrogen-bond acceptors (Lipinski definition) is 3. The van der Waals surface area contributed by atoms with E-state index in [1.54, 1.807) is 0 Å². The molecule has 3 heteroatoms. The summed E-state index contributed by atoms with van der Waals surface area (Å²) in [5.74, 6) is 1.32. The normalized spacial score (nSPS) is 14.7. The molecule has 0 bridgehead atoms. The molecule has 162 valence electrons. The molecule has 5 rings (SSSR count). The summed E-state index contributed by atoms with van der Waals surface area (Å²) in [6.45, 7) is 2.15. The van der Waals surface area contributed by atoms with Gasteiger partial charge in [-0.25, -0.2) is 4.98 Å². The third-order valence-electron chi connectivity index (χ3n) is 6.96. The summed E-state index contributed by atoms with van der Waals surface area (Å²) in [6, 6.07) is 19.5. The third-order valence-corrected chi connectivity index (χ3v) is 6.96. The van der Waals surface area contributed by atoms with Crippen LogP contribution in [0.2, 0.25) is 0 Å². The molecule has 1 aliphatic rings. The number of nitrogens with two attached hydrogens (primary N) is 1. The molecular formula is C29H31N3. The van der Waals surface area contributed by atoms with Crippen LogP contribution in [-0.2, 0) is 12.8 Å². The Balaban J connectivity index is 1.38. The van der Waals surface area contributed by atoms with E-state index in [9.17, 15) is 0 Å². The molecular weight excluding hydrogens is 390 g/mol. The Morgan fingerprint density at radius 2 is 1.75 bits per heavy atom. The van der Waals surface area contributed by atoms with Gasteiger partial charge >= 0.3 is 0 Å². The summed E-state index contributed by atoms with van der Waals surface area (Å²) in [5, 5.41) is 1.14. The topological polar surface area (TPSA) is 51.8 Å². The minimum atomic E-state index is 0.637. The molecule has 0 unspecified atom stereocenters. The van der Waals surface area contributed by atoms with Crippen LogP contribution in [0.4, 0.5) is 5.82 Å². The average molecular weight is 422 g/mol. The van der Waals surface area contributed by atoms with Crippen molar-refractivity contribution in [2.75, 3.05) is 5.73 Å². The second-order valence-electron chi connectivity index (χ2n) is 9.22. The van der Waals surface area contributed by atoms with E-state index >= 15 is 0 Å². The molecule has 0 spiro atoms. The predicted octanol–water partition coefficient (Wildman–Crippen LogP) is 7.02. The zero-order valence-electron chi connectivity index (χ0n) is 18.8.